The van der Waals surface area contributed by atoms with Crippen LogP contribution in [0.2, 0.25) is 0 Å². The third kappa shape index (κ3) is 2.15. The Morgan fingerprint density at radius 3 is 3.10 bits per heavy atom. The standard InChI is InChI=1S/C7H16N2S/c1-7-6-10-5-4-9(7)3-2-8/h7H,2-6,8H2,1H3. The van der Waals surface area contributed by atoms with Crippen LogP contribution in [-0.4, -0.2) is 42.1 Å². The Bertz CT molecular complexity index is 95.6. The van der Waals surface area contributed by atoms with E-state index >= 15 is 0 Å². The molecule has 2 N–H and O–H groups in total. The van der Waals surface area contributed by atoms with Crippen LogP contribution in [0.5, 0.6) is 0 Å². The number of nitrogens with zero attached hydrogens (tertiary/aromatic N) is 1. The normalized spacial score (nSPS) is 28.8. The van der Waals surface area contributed by atoms with Crippen molar-refractivity contribution >= 4 is 11.8 Å². The summed E-state index contributed by atoms with van der Waals surface area (Å²) in [7, 11) is 0. The second-order valence-electron chi connectivity index (χ2n) is 2.75. The number of hydrogen-bond acceptors (Lipinski definition) is 3. The maximum atomic E-state index is 5.47. The van der Waals surface area contributed by atoms with Gasteiger partial charge in [-0.25, -0.2) is 0 Å². The number of nitrogens with two attached hydrogens (primary N) is 1. The van der Waals surface area contributed by atoms with Crippen molar-refractivity contribution in [2.24, 2.45) is 5.73 Å². The molecule has 0 aromatic heterocycles. The van der Waals surface area contributed by atoms with Gasteiger partial charge in [0.05, 0.1) is 0 Å². The van der Waals surface area contributed by atoms with Gasteiger partial charge >= 0.3 is 0 Å². The Hall–Kier alpha value is 0.270. The zero-order chi connectivity index (χ0) is 7.40. The number of thioether (sulfide) groups is 1. The molecule has 0 bridgehead atoms. The molecule has 2 nitrogen and oxygen atoms in total. The highest BCUT2D eigenvalue weighted by atomic mass is 32.2. The molecular weight excluding hydrogens is 144 g/mol. The smallest absolute Gasteiger partial charge is 0.0158 e. The van der Waals surface area contributed by atoms with Gasteiger partial charge in [0.25, 0.3) is 0 Å². The van der Waals surface area contributed by atoms with Crippen LogP contribution in [0.15, 0.2) is 0 Å². The first-order valence-corrected chi connectivity index (χ1v) is 5.02. The molecule has 0 aromatic carbocycles. The monoisotopic (exact) mass is 160 g/mol. The molecule has 0 saturated carbocycles. The van der Waals surface area contributed by atoms with E-state index in [-0.39, 0.29) is 0 Å². The summed E-state index contributed by atoms with van der Waals surface area (Å²) in [5.41, 5.74) is 5.47. The van der Waals surface area contributed by atoms with Crippen molar-refractivity contribution in [2.75, 3.05) is 31.1 Å². The minimum absolute atomic E-state index is 0.738. The minimum atomic E-state index is 0.738. The Balaban J connectivity index is 2.25. The Morgan fingerprint density at radius 2 is 2.50 bits per heavy atom. The third-order valence-electron chi connectivity index (χ3n) is 1.92. The number of hydrogen-bond donors (Lipinski definition) is 1. The molecule has 0 amide bonds. The lowest BCUT2D eigenvalue weighted by atomic mass is 10.3. The van der Waals surface area contributed by atoms with Gasteiger partial charge in [0.2, 0.25) is 0 Å². The summed E-state index contributed by atoms with van der Waals surface area (Å²) >= 11 is 2.05. The molecule has 10 heavy (non-hydrogen) atoms. The molecule has 1 aliphatic heterocycles. The van der Waals surface area contributed by atoms with Crippen molar-refractivity contribution in [2.45, 2.75) is 13.0 Å². The third-order valence-corrected chi connectivity index (χ3v) is 3.11. The van der Waals surface area contributed by atoms with Crippen LogP contribution in [0.1, 0.15) is 6.92 Å². The highest BCUT2D eigenvalue weighted by Gasteiger charge is 2.16. The van der Waals surface area contributed by atoms with E-state index in [0.29, 0.717) is 0 Å². The summed E-state index contributed by atoms with van der Waals surface area (Å²) in [5.74, 6) is 2.56. The first kappa shape index (κ1) is 8.37. The van der Waals surface area contributed by atoms with Gasteiger partial charge in [0, 0.05) is 37.2 Å². The molecule has 1 unspecified atom stereocenters. The Morgan fingerprint density at radius 1 is 1.70 bits per heavy atom. The molecule has 1 rings (SSSR count). The summed E-state index contributed by atoms with van der Waals surface area (Å²) in [6.07, 6.45) is 0. The van der Waals surface area contributed by atoms with Gasteiger partial charge in [-0.3, -0.25) is 4.90 Å². The van der Waals surface area contributed by atoms with Gasteiger partial charge in [-0.15, -0.1) is 0 Å². The molecule has 0 radical (unpaired) electrons. The molecule has 0 aromatic rings. The van der Waals surface area contributed by atoms with E-state index in [0.717, 1.165) is 19.1 Å². The molecule has 0 spiro atoms. The van der Waals surface area contributed by atoms with E-state index in [2.05, 4.69) is 23.6 Å². The molecule has 1 fully saturated rings. The fourth-order valence-electron chi connectivity index (χ4n) is 1.26. The molecular formula is C7H16N2S. The van der Waals surface area contributed by atoms with Crippen molar-refractivity contribution in [3.63, 3.8) is 0 Å². The van der Waals surface area contributed by atoms with E-state index in [9.17, 15) is 0 Å². The second kappa shape index (κ2) is 4.21. The summed E-state index contributed by atoms with van der Waals surface area (Å²) in [4.78, 5) is 2.47. The first-order valence-electron chi connectivity index (χ1n) is 3.86. The van der Waals surface area contributed by atoms with Crippen LogP contribution in [0.3, 0.4) is 0 Å². The molecule has 1 heterocycles. The Kier molecular flexibility index (Phi) is 3.52. The summed E-state index contributed by atoms with van der Waals surface area (Å²) in [6, 6.07) is 0.738. The van der Waals surface area contributed by atoms with Gasteiger partial charge in [-0.1, -0.05) is 0 Å². The lowest BCUT2D eigenvalue weighted by Crippen LogP contribution is -2.42. The van der Waals surface area contributed by atoms with Crippen LogP contribution in [-0.2, 0) is 0 Å². The highest BCUT2D eigenvalue weighted by molar-refractivity contribution is 7.99. The zero-order valence-electron chi connectivity index (χ0n) is 6.55. The van der Waals surface area contributed by atoms with Crippen LogP contribution in [0.25, 0.3) is 0 Å². The first-order chi connectivity index (χ1) is 4.84. The fourth-order valence-corrected chi connectivity index (χ4v) is 2.34. The van der Waals surface area contributed by atoms with Crippen LogP contribution >= 0.6 is 11.8 Å². The van der Waals surface area contributed by atoms with Crippen molar-refractivity contribution < 1.29 is 0 Å². The van der Waals surface area contributed by atoms with Crippen molar-refractivity contribution in [1.82, 2.24) is 4.90 Å². The Labute approximate surface area is 67.1 Å². The predicted octanol–water partition coefficient (Wildman–Crippen LogP) is 0.382. The molecule has 1 saturated heterocycles. The summed E-state index contributed by atoms with van der Waals surface area (Å²) < 4.78 is 0. The lowest BCUT2D eigenvalue weighted by Gasteiger charge is -2.32. The van der Waals surface area contributed by atoms with Gasteiger partial charge in [-0.2, -0.15) is 11.8 Å². The van der Waals surface area contributed by atoms with Gasteiger partial charge < -0.3 is 5.73 Å². The minimum Gasteiger partial charge on any atom is -0.329 e. The van der Waals surface area contributed by atoms with E-state index in [1.807, 2.05) is 0 Å². The highest BCUT2D eigenvalue weighted by Crippen LogP contribution is 2.14. The quantitative estimate of drug-likeness (QED) is 0.633. The number of rotatable bonds is 2. The van der Waals surface area contributed by atoms with Gasteiger partial charge in [0.15, 0.2) is 0 Å². The van der Waals surface area contributed by atoms with Crippen molar-refractivity contribution in [1.29, 1.82) is 0 Å². The van der Waals surface area contributed by atoms with E-state index in [1.165, 1.54) is 18.1 Å². The second-order valence-corrected chi connectivity index (χ2v) is 3.90. The van der Waals surface area contributed by atoms with Crippen molar-refractivity contribution in [3.05, 3.63) is 0 Å². The molecule has 1 atom stereocenters. The largest absolute Gasteiger partial charge is 0.329 e. The van der Waals surface area contributed by atoms with Crippen LogP contribution < -0.4 is 5.73 Å². The fraction of sp³-hybridized carbons (Fsp3) is 1.00. The SMILES string of the molecule is CC1CSCCN1CCN. The molecule has 3 heteroatoms. The predicted molar refractivity (Wildman–Crippen MR) is 47.4 cm³/mol. The van der Waals surface area contributed by atoms with Crippen LogP contribution in [0.4, 0.5) is 0 Å². The molecule has 0 aliphatic carbocycles. The van der Waals surface area contributed by atoms with Gasteiger partial charge in [0.1, 0.15) is 0 Å². The van der Waals surface area contributed by atoms with Gasteiger partial charge in [-0.05, 0) is 6.92 Å². The lowest BCUT2D eigenvalue weighted by molar-refractivity contribution is 0.239. The summed E-state index contributed by atoms with van der Waals surface area (Å²) in [5, 5.41) is 0. The topological polar surface area (TPSA) is 29.3 Å². The maximum absolute atomic E-state index is 5.47. The molecule has 60 valence electrons. The van der Waals surface area contributed by atoms with E-state index < -0.39 is 0 Å². The average Bonchev–Trinajstić information content (AvgIpc) is 1.94. The summed E-state index contributed by atoms with van der Waals surface area (Å²) in [6.45, 7) is 5.38. The average molecular weight is 160 g/mol. The zero-order valence-corrected chi connectivity index (χ0v) is 7.36. The van der Waals surface area contributed by atoms with Crippen LogP contribution in [0, 0.1) is 0 Å². The van der Waals surface area contributed by atoms with E-state index in [1.54, 1.807) is 0 Å². The van der Waals surface area contributed by atoms with E-state index in [4.69, 9.17) is 5.73 Å². The van der Waals surface area contributed by atoms with Crippen molar-refractivity contribution in [3.8, 4) is 0 Å². The molecule has 1 aliphatic rings. The maximum Gasteiger partial charge on any atom is 0.0158 e.